The summed E-state index contributed by atoms with van der Waals surface area (Å²) < 4.78 is 13.8. The molecule has 0 saturated heterocycles. The van der Waals surface area contributed by atoms with E-state index in [1.54, 1.807) is 18.3 Å². The van der Waals surface area contributed by atoms with E-state index >= 15 is 0 Å². The lowest BCUT2D eigenvalue weighted by Crippen LogP contribution is -2.08. The molecule has 108 valence electrons. The first-order chi connectivity index (χ1) is 10.1. The van der Waals surface area contributed by atoms with Crippen LogP contribution in [0.2, 0.25) is 5.02 Å². The molecule has 0 saturated carbocycles. The van der Waals surface area contributed by atoms with Crippen molar-refractivity contribution in [1.29, 1.82) is 0 Å². The first-order valence-electron chi connectivity index (χ1n) is 6.96. The quantitative estimate of drug-likeness (QED) is 0.793. The Morgan fingerprint density at radius 3 is 2.86 bits per heavy atom. The number of nitrogens with zero attached hydrogens (tertiary/aromatic N) is 2. The number of ketones is 1. The second-order valence-electron chi connectivity index (χ2n) is 5.15. The van der Waals surface area contributed by atoms with Gasteiger partial charge in [0.15, 0.2) is 5.78 Å². The molecule has 0 radical (unpaired) electrons. The maximum absolute atomic E-state index is 13.8. The molecule has 3 rings (SSSR count). The van der Waals surface area contributed by atoms with Crippen molar-refractivity contribution in [2.45, 2.75) is 32.1 Å². The zero-order chi connectivity index (χ0) is 14.8. The van der Waals surface area contributed by atoms with Crippen molar-refractivity contribution < 1.29 is 9.18 Å². The van der Waals surface area contributed by atoms with Gasteiger partial charge >= 0.3 is 0 Å². The minimum absolute atomic E-state index is 0.0953. The average molecular weight is 305 g/mol. The van der Waals surface area contributed by atoms with Gasteiger partial charge < -0.3 is 0 Å². The van der Waals surface area contributed by atoms with Crippen LogP contribution in [0.1, 0.15) is 46.7 Å². The molecule has 0 spiro atoms. The Morgan fingerprint density at radius 2 is 2.05 bits per heavy atom. The maximum Gasteiger partial charge on any atom is 0.166 e. The summed E-state index contributed by atoms with van der Waals surface area (Å²) in [6.45, 7) is 0. The summed E-state index contributed by atoms with van der Waals surface area (Å²) in [7, 11) is 0. The molecule has 0 unspecified atom stereocenters. The molecular formula is C16H14ClFN2O. The largest absolute Gasteiger partial charge is 0.294 e. The number of carbonyl (C=O) groups is 1. The Labute approximate surface area is 127 Å². The average Bonchev–Trinajstić information content (AvgIpc) is 2.65. The Balaban J connectivity index is 1.94. The molecule has 0 N–H and O–H groups in total. The number of aryl methyl sites for hydroxylation is 1. The van der Waals surface area contributed by atoms with Crippen LogP contribution < -0.4 is 0 Å². The van der Waals surface area contributed by atoms with Gasteiger partial charge in [-0.25, -0.2) is 14.4 Å². The normalized spacial score (nSPS) is 14.7. The Hall–Kier alpha value is -1.81. The second kappa shape index (κ2) is 5.90. The highest BCUT2D eigenvalue weighted by molar-refractivity contribution is 6.31. The number of rotatable bonds is 2. The van der Waals surface area contributed by atoms with Gasteiger partial charge in [0.2, 0.25) is 0 Å². The van der Waals surface area contributed by atoms with Crippen LogP contribution in [-0.4, -0.2) is 15.8 Å². The van der Waals surface area contributed by atoms with Crippen LogP contribution in [0, 0.1) is 5.82 Å². The molecule has 1 aliphatic carbocycles. The van der Waals surface area contributed by atoms with Gasteiger partial charge in [-0.1, -0.05) is 17.7 Å². The van der Waals surface area contributed by atoms with E-state index in [1.165, 1.54) is 6.07 Å². The molecule has 5 heteroatoms. The van der Waals surface area contributed by atoms with Gasteiger partial charge in [-0.15, -0.1) is 0 Å². The monoisotopic (exact) mass is 304 g/mol. The van der Waals surface area contributed by atoms with E-state index in [0.717, 1.165) is 25.0 Å². The van der Waals surface area contributed by atoms with Crippen LogP contribution in [0.15, 0.2) is 24.4 Å². The molecule has 1 aromatic heterocycles. The lowest BCUT2D eigenvalue weighted by Gasteiger charge is -2.08. The molecule has 21 heavy (non-hydrogen) atoms. The number of benzene rings is 1. The van der Waals surface area contributed by atoms with Crippen molar-refractivity contribution in [2.75, 3.05) is 0 Å². The van der Waals surface area contributed by atoms with Gasteiger partial charge in [0.05, 0.1) is 11.3 Å². The predicted molar refractivity (Wildman–Crippen MR) is 78.1 cm³/mol. The van der Waals surface area contributed by atoms with Crippen LogP contribution >= 0.6 is 11.6 Å². The molecular weight excluding hydrogens is 291 g/mol. The number of aromatic nitrogens is 2. The van der Waals surface area contributed by atoms with Crippen molar-refractivity contribution in [1.82, 2.24) is 9.97 Å². The third-order valence-electron chi connectivity index (χ3n) is 3.68. The molecule has 0 aliphatic heterocycles. The molecule has 0 fully saturated rings. The number of fused-ring (bicyclic) bond motifs is 1. The van der Waals surface area contributed by atoms with Crippen LogP contribution in [0.3, 0.4) is 0 Å². The lowest BCUT2D eigenvalue weighted by molar-refractivity contribution is 0.0981. The summed E-state index contributed by atoms with van der Waals surface area (Å²) in [6, 6.07) is 4.58. The zero-order valence-electron chi connectivity index (χ0n) is 11.4. The van der Waals surface area contributed by atoms with E-state index in [-0.39, 0.29) is 18.0 Å². The Bertz CT molecular complexity index is 682. The number of Topliss-reactive ketones (excluding diaryl/α,β-unsaturated/α-hetero) is 1. The van der Waals surface area contributed by atoms with Crippen molar-refractivity contribution in [3.63, 3.8) is 0 Å². The van der Waals surface area contributed by atoms with Gasteiger partial charge in [0.1, 0.15) is 11.6 Å². The number of carbonyl (C=O) groups excluding carboxylic acids is 1. The van der Waals surface area contributed by atoms with Crippen molar-refractivity contribution in [3.05, 3.63) is 57.9 Å². The fourth-order valence-electron chi connectivity index (χ4n) is 2.54. The molecule has 0 atom stereocenters. The molecule has 1 aliphatic rings. The van der Waals surface area contributed by atoms with E-state index in [1.807, 2.05) is 0 Å². The van der Waals surface area contributed by atoms with Crippen LogP contribution in [0.4, 0.5) is 4.39 Å². The van der Waals surface area contributed by atoms with Crippen LogP contribution in [0.5, 0.6) is 0 Å². The smallest absolute Gasteiger partial charge is 0.166 e. The SMILES string of the molecule is O=C1CCCCc2nc(Cc3c(F)cccc3Cl)ncc21. The van der Waals surface area contributed by atoms with E-state index in [9.17, 15) is 9.18 Å². The number of halogens is 2. The van der Waals surface area contributed by atoms with Crippen molar-refractivity contribution >= 4 is 17.4 Å². The van der Waals surface area contributed by atoms with E-state index in [4.69, 9.17) is 11.6 Å². The summed E-state index contributed by atoms with van der Waals surface area (Å²) in [6.07, 6.45) is 4.93. The fourth-order valence-corrected chi connectivity index (χ4v) is 2.77. The van der Waals surface area contributed by atoms with Gasteiger partial charge in [0.25, 0.3) is 0 Å². The van der Waals surface area contributed by atoms with Gasteiger partial charge in [-0.3, -0.25) is 4.79 Å². The van der Waals surface area contributed by atoms with Gasteiger partial charge in [-0.2, -0.15) is 0 Å². The summed E-state index contributed by atoms with van der Waals surface area (Å²) in [5.41, 5.74) is 1.77. The standard InChI is InChI=1S/C16H14ClFN2O/c17-12-4-3-5-13(18)10(12)8-16-19-9-11-14(20-16)6-1-2-7-15(11)21/h3-5,9H,1-2,6-8H2. The second-order valence-corrected chi connectivity index (χ2v) is 5.56. The summed E-state index contributed by atoms with van der Waals surface area (Å²) in [5, 5.41) is 0.365. The van der Waals surface area contributed by atoms with E-state index in [0.29, 0.717) is 28.4 Å². The molecule has 2 aromatic rings. The highest BCUT2D eigenvalue weighted by Gasteiger charge is 2.18. The van der Waals surface area contributed by atoms with E-state index in [2.05, 4.69) is 9.97 Å². The summed E-state index contributed by atoms with van der Waals surface area (Å²) >= 11 is 6.02. The Morgan fingerprint density at radius 1 is 1.24 bits per heavy atom. The first-order valence-corrected chi connectivity index (χ1v) is 7.34. The first kappa shape index (κ1) is 14.1. The minimum atomic E-state index is -0.364. The summed E-state index contributed by atoms with van der Waals surface area (Å²) in [4.78, 5) is 20.6. The predicted octanol–water partition coefficient (Wildman–Crippen LogP) is 3.77. The van der Waals surface area contributed by atoms with Crippen LogP contribution in [0.25, 0.3) is 0 Å². The van der Waals surface area contributed by atoms with E-state index < -0.39 is 0 Å². The van der Waals surface area contributed by atoms with Crippen LogP contribution in [-0.2, 0) is 12.8 Å². The number of hydrogen-bond acceptors (Lipinski definition) is 3. The maximum atomic E-state index is 13.8. The topological polar surface area (TPSA) is 42.9 Å². The molecule has 1 heterocycles. The third kappa shape index (κ3) is 2.95. The zero-order valence-corrected chi connectivity index (χ0v) is 12.2. The van der Waals surface area contributed by atoms with Crippen molar-refractivity contribution in [2.24, 2.45) is 0 Å². The van der Waals surface area contributed by atoms with Gasteiger partial charge in [-0.05, 0) is 31.4 Å². The molecule has 0 amide bonds. The fraction of sp³-hybridized carbons (Fsp3) is 0.312. The summed E-state index contributed by atoms with van der Waals surface area (Å²) in [5.74, 6) is 0.227. The van der Waals surface area contributed by atoms with Crippen molar-refractivity contribution in [3.8, 4) is 0 Å². The minimum Gasteiger partial charge on any atom is -0.294 e. The molecule has 3 nitrogen and oxygen atoms in total. The molecule has 1 aromatic carbocycles. The Kier molecular flexibility index (Phi) is 3.97. The lowest BCUT2D eigenvalue weighted by atomic mass is 10.1. The van der Waals surface area contributed by atoms with Gasteiger partial charge in [0, 0.05) is 29.6 Å². The third-order valence-corrected chi connectivity index (χ3v) is 4.04. The highest BCUT2D eigenvalue weighted by atomic mass is 35.5. The molecule has 0 bridgehead atoms. The highest BCUT2D eigenvalue weighted by Crippen LogP contribution is 2.23. The number of hydrogen-bond donors (Lipinski definition) is 0.